The Balaban J connectivity index is 4.36. The Morgan fingerprint density at radius 3 is 1.19 bits per heavy atom. The van der Waals surface area contributed by atoms with Gasteiger partial charge in [-0.2, -0.15) is 0 Å². The Hall–Kier alpha value is -3.79. The van der Waals surface area contributed by atoms with E-state index in [1.54, 1.807) is 0 Å². The normalized spacial score (nSPS) is 13.6. The number of aliphatic carboxylic acids is 1. The summed E-state index contributed by atoms with van der Waals surface area (Å²) in [6.45, 7) is 4.49. The van der Waals surface area contributed by atoms with Crippen molar-refractivity contribution < 1.29 is 42.9 Å². The number of quaternary nitrogens is 1. The fourth-order valence-electron chi connectivity index (χ4n) is 6.81. The molecule has 0 aromatic rings. The summed E-state index contributed by atoms with van der Waals surface area (Å²) < 4.78 is 22.6. The maximum Gasteiger partial charge on any atom is 0.306 e. The van der Waals surface area contributed by atoms with E-state index >= 15 is 0 Å². The number of unbranched alkanes of at least 4 members (excludes halogenated alkanes) is 16. The van der Waals surface area contributed by atoms with Gasteiger partial charge in [-0.1, -0.05) is 188 Å². The van der Waals surface area contributed by atoms with Crippen LogP contribution in [0.25, 0.3) is 0 Å². The molecule has 9 heteroatoms. The maximum absolute atomic E-state index is 12.8. The summed E-state index contributed by atoms with van der Waals surface area (Å²) in [5.41, 5.74) is 0. The smallest absolute Gasteiger partial charge is 0.306 e. The molecule has 0 aliphatic rings. The largest absolute Gasteiger partial charge is 0.545 e. The molecule has 2 unspecified atom stereocenters. The lowest BCUT2D eigenvalue weighted by molar-refractivity contribution is -0.870. The van der Waals surface area contributed by atoms with Crippen LogP contribution in [0.15, 0.2) is 97.2 Å². The number of likely N-dealkylation sites (N-methyl/N-ethyl adjacent to an activating group) is 1. The van der Waals surface area contributed by atoms with Gasteiger partial charge in [-0.3, -0.25) is 9.59 Å². The van der Waals surface area contributed by atoms with Crippen LogP contribution in [0.2, 0.25) is 0 Å². The van der Waals surface area contributed by atoms with E-state index in [0.717, 1.165) is 122 Å². The van der Waals surface area contributed by atoms with E-state index in [-0.39, 0.29) is 38.6 Å². The summed E-state index contributed by atoms with van der Waals surface area (Å²) in [5.74, 6) is -2.32. The van der Waals surface area contributed by atoms with Crippen LogP contribution in [0.3, 0.4) is 0 Å². The van der Waals surface area contributed by atoms with Gasteiger partial charge in [0.05, 0.1) is 40.3 Å². The molecular formula is C58H97NO8. The predicted octanol–water partition coefficient (Wildman–Crippen LogP) is 13.7. The number of esters is 2. The highest BCUT2D eigenvalue weighted by Gasteiger charge is 2.22. The molecule has 0 aromatic heterocycles. The van der Waals surface area contributed by atoms with Crippen molar-refractivity contribution in [1.82, 2.24) is 0 Å². The molecule has 0 aliphatic heterocycles. The van der Waals surface area contributed by atoms with E-state index in [2.05, 4.69) is 111 Å². The Morgan fingerprint density at radius 1 is 0.448 bits per heavy atom. The number of carbonyl (C=O) groups excluding carboxylic acids is 3. The molecule has 9 nitrogen and oxygen atoms in total. The van der Waals surface area contributed by atoms with Gasteiger partial charge in [-0.15, -0.1) is 0 Å². The minimum atomic E-state index is -1.63. The third kappa shape index (κ3) is 49.9. The molecule has 2 atom stereocenters. The number of hydrogen-bond acceptors (Lipinski definition) is 8. The Labute approximate surface area is 410 Å². The predicted molar refractivity (Wildman–Crippen MR) is 278 cm³/mol. The van der Waals surface area contributed by atoms with Crippen LogP contribution in [0, 0.1) is 0 Å². The molecule has 0 bridgehead atoms. The van der Waals surface area contributed by atoms with Crippen LogP contribution >= 0.6 is 0 Å². The number of hydrogen-bond donors (Lipinski definition) is 0. The number of carboxylic acid groups (broad SMARTS) is 1. The number of ether oxygens (including phenoxy) is 4. The second kappa shape index (κ2) is 48.7. The van der Waals surface area contributed by atoms with Crippen molar-refractivity contribution in [1.29, 1.82) is 0 Å². The molecule has 0 aromatic carbocycles. The Morgan fingerprint density at radius 2 is 0.806 bits per heavy atom. The van der Waals surface area contributed by atoms with Crippen molar-refractivity contribution in [3.05, 3.63) is 97.2 Å². The van der Waals surface area contributed by atoms with Crippen molar-refractivity contribution in [3.8, 4) is 0 Å². The first-order chi connectivity index (χ1) is 32.6. The minimum Gasteiger partial charge on any atom is -0.545 e. The van der Waals surface area contributed by atoms with Gasteiger partial charge in [0, 0.05) is 12.8 Å². The van der Waals surface area contributed by atoms with Crippen molar-refractivity contribution >= 4 is 17.9 Å². The summed E-state index contributed by atoms with van der Waals surface area (Å²) in [7, 11) is 5.90. The first-order valence-electron chi connectivity index (χ1n) is 26.4. The fraction of sp³-hybridized carbons (Fsp3) is 0.672. The molecule has 0 saturated heterocycles. The van der Waals surface area contributed by atoms with Crippen LogP contribution in [-0.2, 0) is 33.3 Å². The fourth-order valence-corrected chi connectivity index (χ4v) is 6.81. The van der Waals surface area contributed by atoms with Crippen molar-refractivity contribution in [2.24, 2.45) is 0 Å². The minimum absolute atomic E-state index is 0.139. The van der Waals surface area contributed by atoms with Gasteiger partial charge in [0.2, 0.25) is 0 Å². The number of allylic oxidation sites excluding steroid dienone is 16. The average Bonchev–Trinajstić information content (AvgIpc) is 3.29. The lowest BCUT2D eigenvalue weighted by Gasteiger charge is -2.26. The highest BCUT2D eigenvalue weighted by Crippen LogP contribution is 2.14. The number of carbonyl (C=O) groups is 3. The summed E-state index contributed by atoms with van der Waals surface area (Å²) in [6, 6.07) is 0. The monoisotopic (exact) mass is 936 g/mol. The molecule has 0 rings (SSSR count). The van der Waals surface area contributed by atoms with E-state index in [1.807, 2.05) is 21.1 Å². The van der Waals surface area contributed by atoms with Gasteiger partial charge in [-0.05, 0) is 89.9 Å². The van der Waals surface area contributed by atoms with Gasteiger partial charge < -0.3 is 33.3 Å². The van der Waals surface area contributed by atoms with Crippen LogP contribution < -0.4 is 5.11 Å². The molecule has 0 aliphatic carbocycles. The van der Waals surface area contributed by atoms with Gasteiger partial charge in [0.15, 0.2) is 12.4 Å². The molecule has 382 valence electrons. The number of nitrogens with zero attached hydrogens (tertiary/aromatic N) is 1. The van der Waals surface area contributed by atoms with Crippen molar-refractivity contribution in [2.75, 3.05) is 47.5 Å². The second-order valence-electron chi connectivity index (χ2n) is 18.4. The highest BCUT2D eigenvalue weighted by atomic mass is 16.7. The number of rotatable bonds is 47. The summed E-state index contributed by atoms with van der Waals surface area (Å²) in [6.07, 6.45) is 61.5. The summed E-state index contributed by atoms with van der Waals surface area (Å²) in [5, 5.41) is 11.7. The average molecular weight is 936 g/mol. The van der Waals surface area contributed by atoms with Crippen LogP contribution in [0.1, 0.15) is 194 Å². The van der Waals surface area contributed by atoms with E-state index in [0.29, 0.717) is 17.4 Å². The Kier molecular flexibility index (Phi) is 45.9. The standard InChI is InChI=1S/C58H97NO8/c1-6-8-10-12-14-16-18-20-22-24-26-27-28-29-31-33-35-37-39-41-43-45-47-49-56(61)67-54(53-66-58(57(62)63)64-51-50-59(3,4)5)52-65-55(60)48-46-44-42-40-38-36-34-32-30-25-23-21-19-17-15-13-11-9-7-2/h8-11,14-17,20-23,26-27,30,32,54,58H,6-7,12-13,18-19,24-25,28-29,31,33-53H2,1-5H3/b10-8-,11-9-,16-14-,17-15-,22-20-,23-21-,27-26-,32-30-. The van der Waals surface area contributed by atoms with Crippen LogP contribution in [0.5, 0.6) is 0 Å². The van der Waals surface area contributed by atoms with E-state index in [4.69, 9.17) is 18.9 Å². The number of carboxylic acids is 1. The van der Waals surface area contributed by atoms with Crippen molar-refractivity contribution in [3.63, 3.8) is 0 Å². The third-order valence-corrected chi connectivity index (χ3v) is 10.8. The Bertz CT molecular complexity index is 1420. The van der Waals surface area contributed by atoms with E-state index in [1.165, 1.54) is 38.5 Å². The lowest BCUT2D eigenvalue weighted by Crippen LogP contribution is -2.44. The van der Waals surface area contributed by atoms with Gasteiger partial charge in [-0.25, -0.2) is 0 Å². The topological polar surface area (TPSA) is 111 Å². The molecular weight excluding hydrogens is 839 g/mol. The SMILES string of the molecule is CC/C=C\C/C=C\C/C=C\C/C=C\CCCCCCCCCCCCC(=O)OC(COC(=O)CCCCCCCC/C=C\C/C=C\C/C=C\C/C=C\CC)COC(OCC[N+](C)(C)C)C(=O)[O-]. The molecule has 0 amide bonds. The molecule has 0 saturated carbocycles. The van der Waals surface area contributed by atoms with Gasteiger partial charge in [0.25, 0.3) is 0 Å². The molecule has 0 heterocycles. The molecule has 0 radical (unpaired) electrons. The quantitative estimate of drug-likeness (QED) is 0.0195. The van der Waals surface area contributed by atoms with Gasteiger partial charge >= 0.3 is 11.9 Å². The van der Waals surface area contributed by atoms with Crippen LogP contribution in [-0.4, -0.2) is 82.3 Å². The summed E-state index contributed by atoms with van der Waals surface area (Å²) in [4.78, 5) is 37.2. The second-order valence-corrected chi connectivity index (χ2v) is 18.4. The first kappa shape index (κ1) is 63.2. The summed E-state index contributed by atoms with van der Waals surface area (Å²) >= 11 is 0. The van der Waals surface area contributed by atoms with Crippen LogP contribution in [0.4, 0.5) is 0 Å². The highest BCUT2D eigenvalue weighted by molar-refractivity contribution is 5.70. The molecule has 67 heavy (non-hydrogen) atoms. The zero-order valence-electron chi connectivity index (χ0n) is 43.2. The van der Waals surface area contributed by atoms with Crippen molar-refractivity contribution in [2.45, 2.75) is 206 Å². The van der Waals surface area contributed by atoms with E-state index in [9.17, 15) is 19.5 Å². The zero-order valence-corrected chi connectivity index (χ0v) is 43.2. The first-order valence-corrected chi connectivity index (χ1v) is 26.4. The lowest BCUT2D eigenvalue weighted by atomic mass is 10.0. The maximum atomic E-state index is 12.8. The van der Waals surface area contributed by atoms with Gasteiger partial charge in [0.1, 0.15) is 13.2 Å². The van der Waals surface area contributed by atoms with E-state index < -0.39 is 24.3 Å². The molecule has 0 N–H and O–H groups in total. The molecule has 0 spiro atoms. The third-order valence-electron chi connectivity index (χ3n) is 10.8. The molecule has 0 fully saturated rings. The zero-order chi connectivity index (χ0) is 49.2.